The Labute approximate surface area is 376 Å². The number of nitrogens with zero attached hydrogens (tertiary/aromatic N) is 4. The van der Waals surface area contributed by atoms with Gasteiger partial charge in [-0.15, -0.1) is 0 Å². The summed E-state index contributed by atoms with van der Waals surface area (Å²) < 4.78 is 4.86. The van der Waals surface area contributed by atoms with Crippen LogP contribution in [0.15, 0.2) is 91.0 Å². The molecule has 2 bridgehead atoms. The monoisotopic (exact) mass is 874 g/mol. The summed E-state index contributed by atoms with van der Waals surface area (Å²) in [6.45, 7) is 7.19. The van der Waals surface area contributed by atoms with E-state index in [0.29, 0.717) is 17.9 Å². The van der Waals surface area contributed by atoms with Crippen LogP contribution in [0.25, 0.3) is 54.7 Å². The van der Waals surface area contributed by atoms with Gasteiger partial charge in [0.1, 0.15) is 29.3 Å². The molecule has 0 unspecified atom stereocenters. The molecule has 7 aromatic rings. The van der Waals surface area contributed by atoms with E-state index in [9.17, 15) is 24.3 Å². The van der Waals surface area contributed by atoms with Gasteiger partial charge in [0, 0.05) is 23.4 Å². The van der Waals surface area contributed by atoms with E-state index in [1.54, 1.807) is 4.90 Å². The third-order valence-corrected chi connectivity index (χ3v) is 13.9. The molecule has 2 aromatic heterocycles. The predicted molar refractivity (Wildman–Crippen MR) is 248 cm³/mol. The van der Waals surface area contributed by atoms with Gasteiger partial charge in [-0.3, -0.25) is 14.4 Å². The second kappa shape index (κ2) is 16.3. The molecule has 4 amide bonds. The fourth-order valence-corrected chi connectivity index (χ4v) is 10.6. The van der Waals surface area contributed by atoms with Gasteiger partial charge in [-0.05, 0) is 110 Å². The van der Waals surface area contributed by atoms with E-state index in [0.717, 1.165) is 92.7 Å². The van der Waals surface area contributed by atoms with Crippen LogP contribution in [0.5, 0.6) is 0 Å². The number of benzene rings is 5. The summed E-state index contributed by atoms with van der Waals surface area (Å²) >= 11 is 0. The first-order chi connectivity index (χ1) is 31.3. The number of methoxy groups -OCH3 is 1. The van der Waals surface area contributed by atoms with E-state index in [1.165, 1.54) is 21.0 Å². The second-order valence-electron chi connectivity index (χ2n) is 18.9. The Balaban J connectivity index is 0.917. The summed E-state index contributed by atoms with van der Waals surface area (Å²) in [7, 11) is 1.31. The van der Waals surface area contributed by atoms with Crippen LogP contribution in [0.2, 0.25) is 0 Å². The lowest BCUT2D eigenvalue weighted by Crippen LogP contribution is -2.54. The van der Waals surface area contributed by atoms with Crippen LogP contribution >= 0.6 is 0 Å². The zero-order valence-corrected chi connectivity index (χ0v) is 37.2. The first-order valence-electron chi connectivity index (χ1n) is 22.7. The Hall–Kier alpha value is -6.80. The van der Waals surface area contributed by atoms with Crippen LogP contribution < -0.4 is 10.6 Å². The fraction of sp³-hybridized carbons (Fsp3) is 0.373. The maximum absolute atomic E-state index is 14.3. The number of hydrogen-bond acceptors (Lipinski definition) is 8. The van der Waals surface area contributed by atoms with Crippen molar-refractivity contribution >= 4 is 67.4 Å². The van der Waals surface area contributed by atoms with Gasteiger partial charge in [-0.1, -0.05) is 80.6 Å². The average molecular weight is 875 g/mol. The molecule has 14 nitrogen and oxygen atoms in total. The van der Waals surface area contributed by atoms with Gasteiger partial charge in [0.15, 0.2) is 0 Å². The number of imidazole rings is 2. The number of likely N-dealkylation sites (tertiary alicyclic amines) is 2. The summed E-state index contributed by atoms with van der Waals surface area (Å²) in [5.41, 5.74) is 4.59. The third kappa shape index (κ3) is 7.52. The van der Waals surface area contributed by atoms with Crippen molar-refractivity contribution in [2.45, 2.75) is 95.6 Å². The van der Waals surface area contributed by atoms with Gasteiger partial charge >= 0.3 is 6.09 Å². The number of carbonyl (C=O) groups excluding carboxylic acids is 4. The van der Waals surface area contributed by atoms with Gasteiger partial charge in [0.05, 0.1) is 41.3 Å². The van der Waals surface area contributed by atoms with E-state index >= 15 is 0 Å². The Morgan fingerprint density at radius 1 is 0.785 bits per heavy atom. The largest absolute Gasteiger partial charge is 0.453 e. The highest BCUT2D eigenvalue weighted by atomic mass is 16.5. The van der Waals surface area contributed by atoms with Gasteiger partial charge < -0.3 is 40.2 Å². The number of fused-ring (bicyclic) bond motifs is 8. The van der Waals surface area contributed by atoms with Crippen molar-refractivity contribution < 1.29 is 29.0 Å². The molecule has 3 aliphatic rings. The van der Waals surface area contributed by atoms with E-state index in [1.807, 2.05) is 61.2 Å². The molecule has 10 rings (SSSR count). The lowest BCUT2D eigenvalue weighted by Gasteiger charge is -2.37. The molecule has 2 saturated heterocycles. The molecule has 4 heterocycles. The van der Waals surface area contributed by atoms with Crippen molar-refractivity contribution in [1.82, 2.24) is 40.4 Å². The molecular formula is C51H54N8O6. The molecule has 14 heteroatoms. The lowest BCUT2D eigenvalue weighted by molar-refractivity contribution is -0.143. The predicted octanol–water partition coefficient (Wildman–Crippen LogP) is 8.14. The van der Waals surface area contributed by atoms with E-state index in [2.05, 4.69) is 69.1 Å². The zero-order chi connectivity index (χ0) is 45.3. The number of rotatable bonds is 10. The average Bonchev–Trinajstić information content (AvgIpc) is 4.17. The number of alkyl carbamates (subject to hydrolysis) is 1. The minimum absolute atomic E-state index is 0.0983. The minimum Gasteiger partial charge on any atom is -0.453 e. The molecule has 65 heavy (non-hydrogen) atoms. The van der Waals surface area contributed by atoms with E-state index in [4.69, 9.17) is 14.7 Å². The Bertz CT molecular complexity index is 3010. The Morgan fingerprint density at radius 2 is 1.42 bits per heavy atom. The van der Waals surface area contributed by atoms with Gasteiger partial charge in [-0.25, -0.2) is 14.8 Å². The van der Waals surface area contributed by atoms with Crippen molar-refractivity contribution in [3.63, 3.8) is 0 Å². The van der Waals surface area contributed by atoms with Crippen LogP contribution in [-0.2, 0) is 19.1 Å². The molecule has 6 atom stereocenters. The smallest absolute Gasteiger partial charge is 0.407 e. The molecule has 334 valence electrons. The SMILES string of the molecule is COC(=O)N[C@H](C(=O)N1[C@@H]2CC[C@@H](C2)[C@H]1c1nc2ccc3cc(-c4ccc5c(ccc6nc([C@@H]7CCCN7C(=O)[C@H](NC(=O)C(C)(C)O)c7ccccc7)[nH]c65)c4)ccc3c2[nH]1)C(C)C. The van der Waals surface area contributed by atoms with Crippen molar-refractivity contribution in [3.8, 4) is 11.1 Å². The quantitative estimate of drug-likeness (QED) is 0.0912. The molecule has 1 aliphatic carbocycles. The molecule has 2 aliphatic heterocycles. The van der Waals surface area contributed by atoms with Crippen molar-refractivity contribution in [1.29, 1.82) is 0 Å². The zero-order valence-electron chi connectivity index (χ0n) is 37.2. The molecule has 0 spiro atoms. The third-order valence-electron chi connectivity index (χ3n) is 13.9. The Morgan fingerprint density at radius 3 is 2.03 bits per heavy atom. The number of carbonyl (C=O) groups is 4. The maximum Gasteiger partial charge on any atom is 0.407 e. The number of aliphatic hydroxyl groups is 1. The standard InChI is InChI=1S/C51H54N8O6/c1-27(2)40(57-50(63)65-5)48(61)59-34-18-13-33(26-34)44(59)46-53-38-22-17-32-25-30(15-20-36(32)43(38)55-46)29-14-19-35-31(24-29)16-21-37-42(35)54-45(52-37)39-12-9-23-58(39)47(60)41(28-10-7-6-8-11-28)56-49(62)51(3,4)64/h6-8,10-11,14-17,19-22,24-25,27,33-34,39-41,44,64H,9,12-13,18,23,26H2,1-5H3,(H,52,54)(H,53,55)(H,56,62)(H,57,63)/t33-,34+,39-,40-,41+,44-/m0/s1. The topological polar surface area (TPSA) is 186 Å². The summed E-state index contributed by atoms with van der Waals surface area (Å²) in [6, 6.07) is 28.2. The number of amides is 4. The van der Waals surface area contributed by atoms with Crippen LogP contribution in [0.1, 0.15) is 95.1 Å². The summed E-state index contributed by atoms with van der Waals surface area (Å²) in [4.78, 5) is 74.7. The van der Waals surface area contributed by atoms with Crippen molar-refractivity contribution in [2.75, 3.05) is 13.7 Å². The van der Waals surface area contributed by atoms with E-state index < -0.39 is 29.7 Å². The van der Waals surface area contributed by atoms with Crippen LogP contribution in [-0.4, -0.2) is 90.0 Å². The number of piperidine rings is 1. The highest BCUT2D eigenvalue weighted by molar-refractivity contribution is 6.07. The number of hydrogen-bond donors (Lipinski definition) is 5. The first-order valence-corrected chi connectivity index (χ1v) is 22.7. The summed E-state index contributed by atoms with van der Waals surface area (Å²) in [6.07, 6.45) is 3.78. The molecule has 5 aromatic carbocycles. The van der Waals surface area contributed by atoms with Gasteiger partial charge in [0.2, 0.25) is 11.8 Å². The number of aromatic amines is 2. The highest BCUT2D eigenvalue weighted by Crippen LogP contribution is 2.50. The fourth-order valence-electron chi connectivity index (χ4n) is 10.6. The maximum atomic E-state index is 14.3. The lowest BCUT2D eigenvalue weighted by atomic mass is 9.95. The molecular weight excluding hydrogens is 821 g/mol. The number of ether oxygens (including phenoxy) is 1. The molecule has 1 saturated carbocycles. The first kappa shape index (κ1) is 42.2. The van der Waals surface area contributed by atoms with Crippen molar-refractivity contribution in [2.24, 2.45) is 11.8 Å². The molecule has 0 radical (unpaired) electrons. The van der Waals surface area contributed by atoms with Gasteiger partial charge in [0.25, 0.3) is 5.91 Å². The van der Waals surface area contributed by atoms with Crippen LogP contribution in [0, 0.1) is 11.8 Å². The molecule has 5 N–H and O–H groups in total. The van der Waals surface area contributed by atoms with Crippen LogP contribution in [0.4, 0.5) is 4.79 Å². The minimum atomic E-state index is -1.65. The number of nitrogens with one attached hydrogen (secondary N) is 4. The number of aromatic nitrogens is 4. The highest BCUT2D eigenvalue weighted by Gasteiger charge is 2.51. The van der Waals surface area contributed by atoms with Crippen LogP contribution in [0.3, 0.4) is 0 Å². The molecule has 3 fully saturated rings. The summed E-state index contributed by atoms with van der Waals surface area (Å²) in [5.74, 6) is 0.671. The van der Waals surface area contributed by atoms with Crippen molar-refractivity contribution in [3.05, 3.63) is 108 Å². The summed E-state index contributed by atoms with van der Waals surface area (Å²) in [5, 5.41) is 20.2. The van der Waals surface area contributed by atoms with Gasteiger partial charge in [-0.2, -0.15) is 0 Å². The van der Waals surface area contributed by atoms with E-state index in [-0.39, 0.29) is 41.8 Å². The normalized spacial score (nSPS) is 20.6. The number of H-pyrrole nitrogens is 2. The second-order valence-corrected chi connectivity index (χ2v) is 18.9. The Kier molecular flexibility index (Phi) is 10.6.